The van der Waals surface area contributed by atoms with Gasteiger partial charge in [0.15, 0.2) is 0 Å². The fourth-order valence-corrected chi connectivity index (χ4v) is 3.72. The maximum Gasteiger partial charge on any atom is 0.226 e. The van der Waals surface area contributed by atoms with E-state index in [-0.39, 0.29) is 5.91 Å². The van der Waals surface area contributed by atoms with Gasteiger partial charge in [-0.2, -0.15) is 0 Å². The Morgan fingerprint density at radius 1 is 1.20 bits per heavy atom. The van der Waals surface area contributed by atoms with Crippen LogP contribution in [-0.4, -0.2) is 17.4 Å². The predicted octanol–water partition coefficient (Wildman–Crippen LogP) is 4.34. The van der Waals surface area contributed by atoms with Gasteiger partial charge in [-0.25, -0.2) is 4.98 Å². The molecule has 1 amide bonds. The zero-order valence-electron chi connectivity index (χ0n) is 13.4. The first-order valence-electron chi connectivity index (χ1n) is 7.80. The standard InChI is InChI=1S/C18H17ClN2O2S2/c19-13-3-5-15(6-4-13)23-11-18-21-14(12-25-18)10-17(22)20-8-7-16-2-1-9-24-16/h1-6,9,12H,7-8,10-11H2,(H,20,22). The minimum atomic E-state index is -0.00738. The Morgan fingerprint density at radius 3 is 2.80 bits per heavy atom. The van der Waals surface area contributed by atoms with Crippen molar-refractivity contribution in [1.82, 2.24) is 10.3 Å². The second-order valence-electron chi connectivity index (χ2n) is 5.33. The van der Waals surface area contributed by atoms with Crippen LogP contribution in [0.1, 0.15) is 15.6 Å². The van der Waals surface area contributed by atoms with Crippen molar-refractivity contribution in [2.24, 2.45) is 0 Å². The number of hydrogen-bond acceptors (Lipinski definition) is 5. The summed E-state index contributed by atoms with van der Waals surface area (Å²) in [5.41, 5.74) is 0.772. The molecule has 4 nitrogen and oxygen atoms in total. The molecule has 0 aliphatic heterocycles. The van der Waals surface area contributed by atoms with E-state index in [4.69, 9.17) is 16.3 Å². The van der Waals surface area contributed by atoms with Crippen molar-refractivity contribution in [2.45, 2.75) is 19.4 Å². The van der Waals surface area contributed by atoms with Crippen molar-refractivity contribution in [3.05, 3.63) is 67.8 Å². The van der Waals surface area contributed by atoms with Crippen molar-refractivity contribution in [2.75, 3.05) is 6.54 Å². The van der Waals surface area contributed by atoms with Crippen LogP contribution in [0.25, 0.3) is 0 Å². The lowest BCUT2D eigenvalue weighted by molar-refractivity contribution is -0.120. The van der Waals surface area contributed by atoms with Gasteiger partial charge >= 0.3 is 0 Å². The molecule has 0 bridgehead atoms. The molecule has 7 heteroatoms. The first-order chi connectivity index (χ1) is 12.2. The molecule has 0 spiro atoms. The van der Waals surface area contributed by atoms with E-state index in [1.54, 1.807) is 23.5 Å². The van der Waals surface area contributed by atoms with Gasteiger partial charge in [-0.1, -0.05) is 17.7 Å². The van der Waals surface area contributed by atoms with Crippen LogP contribution in [0.4, 0.5) is 0 Å². The highest BCUT2D eigenvalue weighted by Gasteiger charge is 2.08. The summed E-state index contributed by atoms with van der Waals surface area (Å²) in [6, 6.07) is 11.3. The quantitative estimate of drug-likeness (QED) is 0.620. The number of thiophene rings is 1. The van der Waals surface area contributed by atoms with E-state index in [1.165, 1.54) is 16.2 Å². The van der Waals surface area contributed by atoms with Gasteiger partial charge in [-0.15, -0.1) is 22.7 Å². The fourth-order valence-electron chi connectivity index (χ4n) is 2.18. The number of hydrogen-bond donors (Lipinski definition) is 1. The number of amides is 1. The molecule has 0 aliphatic rings. The maximum absolute atomic E-state index is 12.0. The summed E-state index contributed by atoms with van der Waals surface area (Å²) in [5.74, 6) is 0.736. The molecule has 130 valence electrons. The highest BCUT2D eigenvalue weighted by molar-refractivity contribution is 7.10. The van der Waals surface area contributed by atoms with Gasteiger partial charge in [0.25, 0.3) is 0 Å². The Kier molecular flexibility index (Phi) is 6.44. The van der Waals surface area contributed by atoms with Gasteiger partial charge in [0.1, 0.15) is 17.4 Å². The predicted molar refractivity (Wildman–Crippen MR) is 103 cm³/mol. The number of halogens is 1. The summed E-state index contributed by atoms with van der Waals surface area (Å²) in [4.78, 5) is 17.7. The van der Waals surface area contributed by atoms with E-state index in [0.717, 1.165) is 22.9 Å². The molecule has 0 saturated carbocycles. The number of rotatable bonds is 8. The number of thiazole rings is 1. The highest BCUT2D eigenvalue weighted by atomic mass is 35.5. The van der Waals surface area contributed by atoms with Crippen molar-refractivity contribution in [3.8, 4) is 5.75 Å². The van der Waals surface area contributed by atoms with Crippen molar-refractivity contribution in [1.29, 1.82) is 0 Å². The minimum Gasteiger partial charge on any atom is -0.486 e. The van der Waals surface area contributed by atoms with Gasteiger partial charge < -0.3 is 10.1 Å². The van der Waals surface area contributed by atoms with E-state index in [1.807, 2.05) is 29.0 Å². The lowest BCUT2D eigenvalue weighted by Gasteiger charge is -2.04. The lowest BCUT2D eigenvalue weighted by Crippen LogP contribution is -2.27. The second kappa shape index (κ2) is 8.99. The highest BCUT2D eigenvalue weighted by Crippen LogP contribution is 2.18. The molecule has 0 radical (unpaired) electrons. The first kappa shape index (κ1) is 17.9. The molecule has 0 fully saturated rings. The van der Waals surface area contributed by atoms with Gasteiger partial charge in [-0.05, 0) is 42.1 Å². The van der Waals surface area contributed by atoms with E-state index in [9.17, 15) is 4.79 Å². The fraction of sp³-hybridized carbons (Fsp3) is 0.222. The Balaban J connectivity index is 1.41. The first-order valence-corrected chi connectivity index (χ1v) is 9.93. The number of carbonyl (C=O) groups is 1. The van der Waals surface area contributed by atoms with Crippen LogP contribution >= 0.6 is 34.3 Å². The monoisotopic (exact) mass is 392 g/mol. The molecule has 0 aliphatic carbocycles. The molecule has 2 heterocycles. The van der Waals surface area contributed by atoms with Crippen molar-refractivity contribution < 1.29 is 9.53 Å². The zero-order chi connectivity index (χ0) is 17.5. The largest absolute Gasteiger partial charge is 0.486 e. The van der Waals surface area contributed by atoms with Crippen molar-refractivity contribution >= 4 is 40.2 Å². The van der Waals surface area contributed by atoms with Gasteiger partial charge in [-0.3, -0.25) is 4.79 Å². The van der Waals surface area contributed by atoms with E-state index in [2.05, 4.69) is 16.4 Å². The molecule has 2 aromatic heterocycles. The average molecular weight is 393 g/mol. The molecule has 0 atom stereocenters. The second-order valence-corrected chi connectivity index (χ2v) is 7.74. The third-order valence-electron chi connectivity index (χ3n) is 3.39. The molecule has 1 N–H and O–H groups in total. The number of ether oxygens (including phenoxy) is 1. The summed E-state index contributed by atoms with van der Waals surface area (Å²) < 4.78 is 5.66. The topological polar surface area (TPSA) is 51.2 Å². The van der Waals surface area contributed by atoms with Crippen LogP contribution in [0.3, 0.4) is 0 Å². The number of aromatic nitrogens is 1. The maximum atomic E-state index is 12.0. The zero-order valence-corrected chi connectivity index (χ0v) is 15.8. The molecule has 3 aromatic rings. The van der Waals surface area contributed by atoms with E-state index in [0.29, 0.717) is 24.6 Å². The van der Waals surface area contributed by atoms with Crippen LogP contribution in [-0.2, 0) is 24.2 Å². The number of nitrogens with zero attached hydrogens (tertiary/aromatic N) is 1. The van der Waals surface area contributed by atoms with Crippen LogP contribution in [0, 0.1) is 0 Å². The Labute approximate surface area is 159 Å². The molecule has 1 aromatic carbocycles. The number of benzene rings is 1. The molecule has 3 rings (SSSR count). The molecular weight excluding hydrogens is 376 g/mol. The minimum absolute atomic E-state index is 0.00738. The van der Waals surface area contributed by atoms with Crippen molar-refractivity contribution in [3.63, 3.8) is 0 Å². The van der Waals surface area contributed by atoms with Crippen LogP contribution in [0.15, 0.2) is 47.2 Å². The molecule has 0 saturated heterocycles. The van der Waals surface area contributed by atoms with Crippen LogP contribution in [0.2, 0.25) is 5.02 Å². The van der Waals surface area contributed by atoms with E-state index < -0.39 is 0 Å². The molecule has 25 heavy (non-hydrogen) atoms. The summed E-state index contributed by atoms with van der Waals surface area (Å²) in [6.07, 6.45) is 1.16. The van der Waals surface area contributed by atoms with Crippen LogP contribution in [0.5, 0.6) is 5.75 Å². The number of nitrogens with one attached hydrogen (secondary N) is 1. The SMILES string of the molecule is O=C(Cc1csc(COc2ccc(Cl)cc2)n1)NCCc1cccs1. The van der Waals surface area contributed by atoms with Gasteiger partial charge in [0.2, 0.25) is 5.91 Å². The number of carbonyl (C=O) groups excluding carboxylic acids is 1. The summed E-state index contributed by atoms with van der Waals surface area (Å²) in [5, 5.41) is 8.39. The Hall–Kier alpha value is -1.89. The Morgan fingerprint density at radius 2 is 2.04 bits per heavy atom. The molecule has 0 unspecified atom stereocenters. The van der Waals surface area contributed by atoms with Gasteiger partial charge in [0.05, 0.1) is 12.1 Å². The summed E-state index contributed by atoms with van der Waals surface area (Å²) in [6.45, 7) is 1.03. The summed E-state index contributed by atoms with van der Waals surface area (Å²) >= 11 is 9.04. The van der Waals surface area contributed by atoms with E-state index >= 15 is 0 Å². The normalized spacial score (nSPS) is 10.6. The smallest absolute Gasteiger partial charge is 0.226 e. The Bertz CT molecular complexity index is 801. The summed E-state index contributed by atoms with van der Waals surface area (Å²) in [7, 11) is 0. The van der Waals surface area contributed by atoms with Crippen LogP contribution < -0.4 is 10.1 Å². The third kappa shape index (κ3) is 5.85. The third-order valence-corrected chi connectivity index (χ3v) is 5.45. The van der Waals surface area contributed by atoms with Gasteiger partial charge in [0, 0.05) is 21.8 Å². The lowest BCUT2D eigenvalue weighted by atomic mass is 10.3. The average Bonchev–Trinajstić information content (AvgIpc) is 3.26. The molecular formula is C18H17ClN2O2S2.